The molecule has 3 rings (SSSR count). The Morgan fingerprint density at radius 2 is 1.68 bits per heavy atom. The molecule has 0 unspecified atom stereocenters. The zero-order valence-electron chi connectivity index (χ0n) is 11.9. The van der Waals surface area contributed by atoms with Crippen molar-refractivity contribution in [3.63, 3.8) is 0 Å². The molecule has 22 heavy (non-hydrogen) atoms. The number of rotatable bonds is 4. The minimum Gasteiger partial charge on any atom is -0.489 e. The quantitative estimate of drug-likeness (QED) is 0.722. The number of nitrogens with zero attached hydrogens (tertiary/aromatic N) is 2. The zero-order chi connectivity index (χ0) is 15.2. The van der Waals surface area contributed by atoms with Gasteiger partial charge >= 0.3 is 0 Å². The summed E-state index contributed by atoms with van der Waals surface area (Å²) in [5.41, 5.74) is 3.35. The van der Waals surface area contributed by atoms with Crippen LogP contribution in [0.2, 0.25) is 0 Å². The van der Waals surface area contributed by atoms with Gasteiger partial charge in [0.05, 0.1) is 0 Å². The minimum atomic E-state index is 0.431. The standard InChI is InChI=1S/C19H14N2O/c20-13-19-18(7-4-12-21-19)16-8-10-17(11-9-16)22-14-15-5-2-1-3-6-15/h1-12H,14H2. The van der Waals surface area contributed by atoms with Gasteiger partial charge in [0.2, 0.25) is 0 Å². The van der Waals surface area contributed by atoms with Crippen molar-refractivity contribution in [1.82, 2.24) is 4.98 Å². The van der Waals surface area contributed by atoms with Gasteiger partial charge in [-0.1, -0.05) is 42.5 Å². The molecular weight excluding hydrogens is 272 g/mol. The molecule has 2 aromatic carbocycles. The molecule has 0 amide bonds. The van der Waals surface area contributed by atoms with E-state index < -0.39 is 0 Å². The maximum atomic E-state index is 9.11. The lowest BCUT2D eigenvalue weighted by Crippen LogP contribution is -1.95. The van der Waals surface area contributed by atoms with E-state index in [1.165, 1.54) is 0 Å². The molecule has 0 saturated heterocycles. The first-order valence-electron chi connectivity index (χ1n) is 6.99. The summed E-state index contributed by atoms with van der Waals surface area (Å²) in [5, 5.41) is 9.11. The van der Waals surface area contributed by atoms with Gasteiger partial charge in [-0.15, -0.1) is 0 Å². The normalized spacial score (nSPS) is 9.95. The second-order valence-corrected chi connectivity index (χ2v) is 4.81. The molecular formula is C19H14N2O. The van der Waals surface area contributed by atoms with Gasteiger partial charge in [-0.3, -0.25) is 0 Å². The summed E-state index contributed by atoms with van der Waals surface area (Å²) < 4.78 is 5.76. The Kier molecular flexibility index (Phi) is 4.12. The molecule has 0 aliphatic rings. The average Bonchev–Trinajstić information content (AvgIpc) is 2.61. The van der Waals surface area contributed by atoms with Crippen molar-refractivity contribution in [3.8, 4) is 22.9 Å². The van der Waals surface area contributed by atoms with E-state index in [2.05, 4.69) is 11.1 Å². The van der Waals surface area contributed by atoms with Crippen LogP contribution >= 0.6 is 0 Å². The van der Waals surface area contributed by atoms with Crippen molar-refractivity contribution in [1.29, 1.82) is 5.26 Å². The molecule has 106 valence electrons. The Morgan fingerprint density at radius 3 is 2.41 bits per heavy atom. The van der Waals surface area contributed by atoms with Gasteiger partial charge in [-0.25, -0.2) is 4.98 Å². The maximum Gasteiger partial charge on any atom is 0.148 e. The number of aromatic nitrogens is 1. The summed E-state index contributed by atoms with van der Waals surface area (Å²) in [7, 11) is 0. The predicted octanol–water partition coefficient (Wildman–Crippen LogP) is 4.20. The van der Waals surface area contributed by atoms with E-state index in [1.54, 1.807) is 6.20 Å². The third-order valence-electron chi connectivity index (χ3n) is 3.33. The van der Waals surface area contributed by atoms with Crippen molar-refractivity contribution < 1.29 is 4.74 Å². The van der Waals surface area contributed by atoms with Gasteiger partial charge in [0.15, 0.2) is 0 Å². The van der Waals surface area contributed by atoms with Crippen LogP contribution in [0.25, 0.3) is 11.1 Å². The average molecular weight is 286 g/mol. The smallest absolute Gasteiger partial charge is 0.148 e. The van der Waals surface area contributed by atoms with Crippen molar-refractivity contribution in [2.75, 3.05) is 0 Å². The minimum absolute atomic E-state index is 0.431. The highest BCUT2D eigenvalue weighted by molar-refractivity contribution is 5.68. The highest BCUT2D eigenvalue weighted by Gasteiger charge is 2.05. The lowest BCUT2D eigenvalue weighted by atomic mass is 10.0. The predicted molar refractivity (Wildman–Crippen MR) is 85.2 cm³/mol. The Bertz CT molecular complexity index is 790. The topological polar surface area (TPSA) is 45.9 Å². The van der Waals surface area contributed by atoms with Crippen LogP contribution in [0.5, 0.6) is 5.75 Å². The molecule has 3 aromatic rings. The third-order valence-corrected chi connectivity index (χ3v) is 3.33. The van der Waals surface area contributed by atoms with Gasteiger partial charge in [0.1, 0.15) is 24.1 Å². The fraction of sp³-hybridized carbons (Fsp3) is 0.0526. The van der Waals surface area contributed by atoms with Gasteiger partial charge in [-0.05, 0) is 35.4 Å². The molecule has 0 radical (unpaired) electrons. The first kappa shape index (κ1) is 13.8. The summed E-state index contributed by atoms with van der Waals surface area (Å²) in [6.07, 6.45) is 1.62. The van der Waals surface area contributed by atoms with Gasteiger partial charge in [-0.2, -0.15) is 5.26 Å². The molecule has 0 atom stereocenters. The van der Waals surface area contributed by atoms with Crippen LogP contribution in [0, 0.1) is 11.3 Å². The fourth-order valence-corrected chi connectivity index (χ4v) is 2.20. The monoisotopic (exact) mass is 286 g/mol. The molecule has 1 heterocycles. The Morgan fingerprint density at radius 1 is 0.909 bits per heavy atom. The van der Waals surface area contributed by atoms with Crippen molar-refractivity contribution in [2.24, 2.45) is 0 Å². The second-order valence-electron chi connectivity index (χ2n) is 4.81. The summed E-state index contributed by atoms with van der Waals surface area (Å²) >= 11 is 0. The van der Waals surface area contributed by atoms with Crippen molar-refractivity contribution in [3.05, 3.63) is 84.2 Å². The van der Waals surface area contributed by atoms with E-state index in [0.29, 0.717) is 12.3 Å². The largest absolute Gasteiger partial charge is 0.489 e. The van der Waals surface area contributed by atoms with Crippen LogP contribution in [0.3, 0.4) is 0 Å². The number of benzene rings is 2. The van der Waals surface area contributed by atoms with Crippen molar-refractivity contribution in [2.45, 2.75) is 6.61 Å². The van der Waals surface area contributed by atoms with Crippen LogP contribution in [0.15, 0.2) is 72.9 Å². The van der Waals surface area contributed by atoms with Crippen LogP contribution < -0.4 is 4.74 Å². The van der Waals surface area contributed by atoms with Crippen LogP contribution in [0.4, 0.5) is 0 Å². The highest BCUT2D eigenvalue weighted by atomic mass is 16.5. The summed E-state index contributed by atoms with van der Waals surface area (Å²) in [5.74, 6) is 0.801. The fourth-order valence-electron chi connectivity index (χ4n) is 2.20. The highest BCUT2D eigenvalue weighted by Crippen LogP contribution is 2.24. The van der Waals surface area contributed by atoms with E-state index in [4.69, 9.17) is 10.00 Å². The number of pyridine rings is 1. The first-order valence-corrected chi connectivity index (χ1v) is 6.99. The van der Waals surface area contributed by atoms with E-state index in [1.807, 2.05) is 66.7 Å². The lowest BCUT2D eigenvalue weighted by Gasteiger charge is -2.08. The van der Waals surface area contributed by atoms with E-state index >= 15 is 0 Å². The number of hydrogen-bond acceptors (Lipinski definition) is 3. The van der Waals surface area contributed by atoms with Crippen LogP contribution in [-0.2, 0) is 6.61 Å². The molecule has 0 bridgehead atoms. The number of nitriles is 1. The van der Waals surface area contributed by atoms with Gasteiger partial charge in [0.25, 0.3) is 0 Å². The molecule has 3 nitrogen and oxygen atoms in total. The van der Waals surface area contributed by atoms with Gasteiger partial charge < -0.3 is 4.74 Å². The molecule has 0 fully saturated rings. The van der Waals surface area contributed by atoms with Crippen LogP contribution in [0.1, 0.15) is 11.3 Å². The van der Waals surface area contributed by atoms with Gasteiger partial charge in [0, 0.05) is 11.8 Å². The molecule has 0 aliphatic heterocycles. The summed E-state index contributed by atoms with van der Waals surface area (Å²) in [6.45, 7) is 0.538. The Hall–Kier alpha value is -3.12. The number of ether oxygens (including phenoxy) is 1. The van der Waals surface area contributed by atoms with Crippen molar-refractivity contribution >= 4 is 0 Å². The molecule has 0 N–H and O–H groups in total. The van der Waals surface area contributed by atoms with E-state index in [-0.39, 0.29) is 0 Å². The van der Waals surface area contributed by atoms with Crippen LogP contribution in [-0.4, -0.2) is 4.98 Å². The molecule has 3 heteroatoms. The molecule has 1 aromatic heterocycles. The maximum absolute atomic E-state index is 9.11. The second kappa shape index (κ2) is 6.55. The first-order chi connectivity index (χ1) is 10.9. The molecule has 0 aliphatic carbocycles. The molecule has 0 spiro atoms. The molecule has 0 saturated carbocycles. The summed E-state index contributed by atoms with van der Waals surface area (Å²) in [6, 6.07) is 23.6. The summed E-state index contributed by atoms with van der Waals surface area (Å²) in [4.78, 5) is 4.08. The van der Waals surface area contributed by atoms with E-state index in [0.717, 1.165) is 22.4 Å². The Labute approximate surface area is 129 Å². The third kappa shape index (κ3) is 3.13. The van der Waals surface area contributed by atoms with E-state index in [9.17, 15) is 0 Å². The SMILES string of the molecule is N#Cc1ncccc1-c1ccc(OCc2ccccc2)cc1. The Balaban J connectivity index is 1.74. The number of hydrogen-bond donors (Lipinski definition) is 0. The zero-order valence-corrected chi connectivity index (χ0v) is 11.9. The lowest BCUT2D eigenvalue weighted by molar-refractivity contribution is 0.306.